The van der Waals surface area contributed by atoms with Gasteiger partial charge in [-0.15, -0.1) is 0 Å². The van der Waals surface area contributed by atoms with Crippen molar-refractivity contribution in [1.29, 1.82) is 0 Å². The molecule has 1 aromatic carbocycles. The minimum atomic E-state index is -0.405. The number of nitrogens with zero attached hydrogens (tertiary/aromatic N) is 3. The Balaban J connectivity index is 1.86. The minimum Gasteiger partial charge on any atom is -0.384 e. The van der Waals surface area contributed by atoms with Crippen LogP contribution in [-0.2, 0) is 0 Å². The zero-order valence-corrected chi connectivity index (χ0v) is 11.5. The van der Waals surface area contributed by atoms with Crippen LogP contribution in [0.15, 0.2) is 42.5 Å². The summed E-state index contributed by atoms with van der Waals surface area (Å²) in [6.45, 7) is 1.47. The molecule has 0 radical (unpaired) electrons. The Hall–Kier alpha value is -2.63. The van der Waals surface area contributed by atoms with Gasteiger partial charge in [-0.2, -0.15) is 0 Å². The fourth-order valence-corrected chi connectivity index (χ4v) is 2.78. The number of nitrogens with two attached hydrogens (primary N) is 1. The summed E-state index contributed by atoms with van der Waals surface area (Å²) >= 11 is 0. The van der Waals surface area contributed by atoms with Crippen molar-refractivity contribution in [3.8, 4) is 0 Å². The standard InChI is InChI=1S/C15H16N4O2/c16-14-7-6-13(19(20)21)15(17-14)18-9-8-12(10-18)11-4-2-1-3-5-11/h1-7,12H,8-10H2,(H2,16,17). The number of hydrogen-bond donors (Lipinski definition) is 1. The van der Waals surface area contributed by atoms with Crippen molar-refractivity contribution < 1.29 is 4.92 Å². The van der Waals surface area contributed by atoms with Crippen LogP contribution in [0.1, 0.15) is 17.9 Å². The molecule has 1 saturated heterocycles. The first-order valence-electron chi connectivity index (χ1n) is 6.86. The third kappa shape index (κ3) is 2.65. The maximum absolute atomic E-state index is 11.1. The number of benzene rings is 1. The number of anilines is 2. The van der Waals surface area contributed by atoms with Gasteiger partial charge in [-0.1, -0.05) is 30.3 Å². The number of nitrogen functional groups attached to an aromatic ring is 1. The topological polar surface area (TPSA) is 85.3 Å². The highest BCUT2D eigenvalue weighted by molar-refractivity contribution is 5.61. The van der Waals surface area contributed by atoms with Gasteiger partial charge >= 0.3 is 5.69 Å². The lowest BCUT2D eigenvalue weighted by atomic mass is 9.99. The smallest absolute Gasteiger partial charge is 0.311 e. The minimum absolute atomic E-state index is 0.0120. The average Bonchev–Trinajstić information content (AvgIpc) is 2.97. The summed E-state index contributed by atoms with van der Waals surface area (Å²) in [7, 11) is 0. The van der Waals surface area contributed by atoms with Crippen molar-refractivity contribution in [2.45, 2.75) is 12.3 Å². The predicted molar refractivity (Wildman–Crippen MR) is 81.3 cm³/mol. The molecule has 2 N–H and O–H groups in total. The van der Waals surface area contributed by atoms with Crippen LogP contribution < -0.4 is 10.6 Å². The molecule has 1 fully saturated rings. The maximum Gasteiger partial charge on any atom is 0.311 e. The average molecular weight is 284 g/mol. The molecule has 1 aliphatic heterocycles. The van der Waals surface area contributed by atoms with Gasteiger partial charge in [0.1, 0.15) is 5.82 Å². The molecular weight excluding hydrogens is 268 g/mol. The van der Waals surface area contributed by atoms with E-state index in [9.17, 15) is 10.1 Å². The van der Waals surface area contributed by atoms with Crippen LogP contribution in [0.2, 0.25) is 0 Å². The summed E-state index contributed by atoms with van der Waals surface area (Å²) in [6.07, 6.45) is 0.956. The molecule has 6 nitrogen and oxygen atoms in total. The Kier molecular flexibility index (Phi) is 3.43. The van der Waals surface area contributed by atoms with Crippen LogP contribution in [0, 0.1) is 10.1 Å². The zero-order chi connectivity index (χ0) is 14.8. The van der Waals surface area contributed by atoms with Crippen LogP contribution in [0.25, 0.3) is 0 Å². The Morgan fingerprint density at radius 1 is 1.24 bits per heavy atom. The van der Waals surface area contributed by atoms with Crippen LogP contribution in [0.3, 0.4) is 0 Å². The lowest BCUT2D eigenvalue weighted by molar-refractivity contribution is -0.384. The normalized spacial score (nSPS) is 17.9. The van der Waals surface area contributed by atoms with Crippen molar-refractivity contribution in [3.63, 3.8) is 0 Å². The SMILES string of the molecule is Nc1ccc([N+](=O)[O-])c(N2CCC(c3ccccc3)C2)n1. The van der Waals surface area contributed by atoms with E-state index in [0.717, 1.165) is 19.5 Å². The lowest BCUT2D eigenvalue weighted by Gasteiger charge is -2.17. The number of nitro groups is 1. The van der Waals surface area contributed by atoms with Crippen LogP contribution in [-0.4, -0.2) is 23.0 Å². The van der Waals surface area contributed by atoms with Crippen molar-refractivity contribution in [2.24, 2.45) is 0 Å². The van der Waals surface area contributed by atoms with E-state index in [2.05, 4.69) is 17.1 Å². The molecule has 2 heterocycles. The summed E-state index contributed by atoms with van der Waals surface area (Å²) < 4.78 is 0. The summed E-state index contributed by atoms with van der Waals surface area (Å²) in [5.41, 5.74) is 6.95. The highest BCUT2D eigenvalue weighted by atomic mass is 16.6. The third-order valence-electron chi connectivity index (χ3n) is 3.83. The molecule has 2 aromatic rings. The molecule has 3 rings (SSSR count). The van der Waals surface area contributed by atoms with E-state index < -0.39 is 4.92 Å². The molecule has 1 aromatic heterocycles. The first kappa shape index (κ1) is 13.4. The van der Waals surface area contributed by atoms with E-state index in [4.69, 9.17) is 5.73 Å². The molecular formula is C15H16N4O2. The summed E-state index contributed by atoms with van der Waals surface area (Å²) in [4.78, 5) is 16.9. The number of rotatable bonds is 3. The molecule has 0 aliphatic carbocycles. The highest BCUT2D eigenvalue weighted by Crippen LogP contribution is 2.34. The molecule has 108 valence electrons. The monoisotopic (exact) mass is 284 g/mol. The van der Waals surface area contributed by atoms with Crippen LogP contribution >= 0.6 is 0 Å². The second-order valence-corrected chi connectivity index (χ2v) is 5.18. The highest BCUT2D eigenvalue weighted by Gasteiger charge is 2.29. The quantitative estimate of drug-likeness (QED) is 0.691. The number of pyridine rings is 1. The van der Waals surface area contributed by atoms with Crippen LogP contribution in [0.4, 0.5) is 17.3 Å². The predicted octanol–water partition coefficient (Wildman–Crippen LogP) is 2.57. The van der Waals surface area contributed by atoms with E-state index in [0.29, 0.717) is 17.6 Å². The van der Waals surface area contributed by atoms with Gasteiger partial charge in [0.2, 0.25) is 5.82 Å². The first-order chi connectivity index (χ1) is 10.1. The summed E-state index contributed by atoms with van der Waals surface area (Å²) in [5, 5.41) is 11.1. The first-order valence-corrected chi connectivity index (χ1v) is 6.86. The zero-order valence-electron chi connectivity index (χ0n) is 11.5. The fourth-order valence-electron chi connectivity index (χ4n) is 2.78. The van der Waals surface area contributed by atoms with E-state index in [1.807, 2.05) is 23.1 Å². The second-order valence-electron chi connectivity index (χ2n) is 5.18. The largest absolute Gasteiger partial charge is 0.384 e. The number of aromatic nitrogens is 1. The van der Waals surface area contributed by atoms with Gasteiger partial charge in [-0.3, -0.25) is 10.1 Å². The van der Waals surface area contributed by atoms with Gasteiger partial charge in [0, 0.05) is 25.1 Å². The van der Waals surface area contributed by atoms with Gasteiger partial charge in [0.05, 0.1) is 4.92 Å². The van der Waals surface area contributed by atoms with Crippen molar-refractivity contribution in [2.75, 3.05) is 23.7 Å². The molecule has 21 heavy (non-hydrogen) atoms. The third-order valence-corrected chi connectivity index (χ3v) is 3.83. The molecule has 6 heteroatoms. The Labute approximate surface area is 122 Å². The van der Waals surface area contributed by atoms with Gasteiger partial charge in [-0.25, -0.2) is 4.98 Å². The molecule has 1 aliphatic rings. The molecule has 0 saturated carbocycles. The molecule has 0 spiro atoms. The Morgan fingerprint density at radius 2 is 2.00 bits per heavy atom. The van der Waals surface area contributed by atoms with E-state index >= 15 is 0 Å². The molecule has 0 bridgehead atoms. The van der Waals surface area contributed by atoms with E-state index in [-0.39, 0.29) is 5.69 Å². The van der Waals surface area contributed by atoms with Crippen molar-refractivity contribution in [1.82, 2.24) is 4.98 Å². The van der Waals surface area contributed by atoms with Crippen LogP contribution in [0.5, 0.6) is 0 Å². The van der Waals surface area contributed by atoms with Gasteiger partial charge in [0.25, 0.3) is 0 Å². The van der Waals surface area contributed by atoms with Gasteiger partial charge in [-0.05, 0) is 18.1 Å². The van der Waals surface area contributed by atoms with Crippen molar-refractivity contribution in [3.05, 3.63) is 58.1 Å². The molecule has 1 unspecified atom stereocenters. The van der Waals surface area contributed by atoms with Gasteiger partial charge < -0.3 is 10.6 Å². The Morgan fingerprint density at radius 3 is 2.71 bits per heavy atom. The number of hydrogen-bond acceptors (Lipinski definition) is 5. The molecule has 1 atom stereocenters. The summed E-state index contributed by atoms with van der Waals surface area (Å²) in [5.74, 6) is 1.05. The molecule has 0 amide bonds. The summed E-state index contributed by atoms with van der Waals surface area (Å²) in [6, 6.07) is 13.1. The van der Waals surface area contributed by atoms with E-state index in [1.165, 1.54) is 17.7 Å². The maximum atomic E-state index is 11.1. The second kappa shape index (κ2) is 5.40. The van der Waals surface area contributed by atoms with Crippen molar-refractivity contribution >= 4 is 17.3 Å². The fraction of sp³-hybridized carbons (Fsp3) is 0.267. The Bertz CT molecular complexity index is 660. The van der Waals surface area contributed by atoms with Gasteiger partial charge in [0.15, 0.2) is 0 Å². The van der Waals surface area contributed by atoms with E-state index in [1.54, 1.807) is 0 Å². The lowest BCUT2D eigenvalue weighted by Crippen LogP contribution is -2.22.